The monoisotopic (exact) mass is 243 g/mol. The van der Waals surface area contributed by atoms with E-state index in [-0.39, 0.29) is 0 Å². The van der Waals surface area contributed by atoms with Crippen LogP contribution in [-0.4, -0.2) is 16.6 Å². The number of aryl methyl sites for hydroxylation is 1. The minimum absolute atomic E-state index is 0.670. The van der Waals surface area contributed by atoms with Gasteiger partial charge in [-0.2, -0.15) is 0 Å². The molecular formula is C14H17N3O. The second-order valence-corrected chi connectivity index (χ2v) is 3.94. The van der Waals surface area contributed by atoms with E-state index in [1.54, 1.807) is 6.33 Å². The van der Waals surface area contributed by atoms with E-state index >= 15 is 0 Å². The van der Waals surface area contributed by atoms with Crippen LogP contribution in [-0.2, 0) is 6.54 Å². The van der Waals surface area contributed by atoms with Gasteiger partial charge in [0.2, 0.25) is 0 Å². The first kappa shape index (κ1) is 12.4. The molecular weight excluding hydrogens is 226 g/mol. The van der Waals surface area contributed by atoms with Gasteiger partial charge in [0.15, 0.2) is 0 Å². The lowest BCUT2D eigenvalue weighted by atomic mass is 10.2. The summed E-state index contributed by atoms with van der Waals surface area (Å²) in [6, 6.07) is 9.93. The van der Waals surface area contributed by atoms with E-state index in [4.69, 9.17) is 4.74 Å². The van der Waals surface area contributed by atoms with Crippen molar-refractivity contribution in [2.45, 2.75) is 20.4 Å². The second-order valence-electron chi connectivity index (χ2n) is 3.94. The molecule has 0 aliphatic rings. The highest BCUT2D eigenvalue weighted by atomic mass is 16.5. The maximum atomic E-state index is 5.58. The minimum Gasteiger partial charge on any atom is -0.494 e. The predicted molar refractivity (Wildman–Crippen MR) is 71.7 cm³/mol. The van der Waals surface area contributed by atoms with Crippen LogP contribution in [0.1, 0.15) is 18.2 Å². The number of hydrogen-bond donors (Lipinski definition) is 1. The van der Waals surface area contributed by atoms with Gasteiger partial charge in [-0.15, -0.1) is 0 Å². The molecule has 0 spiro atoms. The van der Waals surface area contributed by atoms with Gasteiger partial charge < -0.3 is 10.1 Å². The number of anilines is 1. The van der Waals surface area contributed by atoms with Crippen molar-refractivity contribution >= 4 is 5.82 Å². The first-order chi connectivity index (χ1) is 8.79. The van der Waals surface area contributed by atoms with Crippen molar-refractivity contribution in [1.82, 2.24) is 9.97 Å². The Morgan fingerprint density at radius 2 is 2.06 bits per heavy atom. The fourth-order valence-electron chi connectivity index (χ4n) is 1.68. The minimum atomic E-state index is 0.670. The topological polar surface area (TPSA) is 47.0 Å². The van der Waals surface area contributed by atoms with E-state index in [0.717, 1.165) is 22.8 Å². The van der Waals surface area contributed by atoms with E-state index in [9.17, 15) is 0 Å². The van der Waals surface area contributed by atoms with E-state index in [0.29, 0.717) is 13.2 Å². The number of para-hydroxylation sites is 1. The fraction of sp³-hybridized carbons (Fsp3) is 0.286. The van der Waals surface area contributed by atoms with Crippen LogP contribution < -0.4 is 10.1 Å². The average Bonchev–Trinajstić information content (AvgIpc) is 2.38. The van der Waals surface area contributed by atoms with Gasteiger partial charge in [-0.05, 0) is 19.9 Å². The highest BCUT2D eigenvalue weighted by Gasteiger charge is 2.02. The van der Waals surface area contributed by atoms with Gasteiger partial charge in [-0.3, -0.25) is 0 Å². The first-order valence-electron chi connectivity index (χ1n) is 6.03. The third-order valence-corrected chi connectivity index (χ3v) is 2.54. The van der Waals surface area contributed by atoms with Crippen molar-refractivity contribution in [3.63, 3.8) is 0 Å². The van der Waals surface area contributed by atoms with Crippen LogP contribution in [0.2, 0.25) is 0 Å². The Balaban J connectivity index is 2.06. The molecule has 1 aromatic heterocycles. The molecule has 1 heterocycles. The Kier molecular flexibility index (Phi) is 4.12. The number of rotatable bonds is 5. The molecule has 1 aromatic carbocycles. The summed E-state index contributed by atoms with van der Waals surface area (Å²) in [6.45, 7) is 5.29. The summed E-state index contributed by atoms with van der Waals surface area (Å²) in [5, 5.41) is 3.27. The largest absolute Gasteiger partial charge is 0.494 e. The summed E-state index contributed by atoms with van der Waals surface area (Å²) < 4.78 is 5.58. The van der Waals surface area contributed by atoms with E-state index in [1.165, 1.54) is 0 Å². The van der Waals surface area contributed by atoms with Gasteiger partial charge >= 0.3 is 0 Å². The summed E-state index contributed by atoms with van der Waals surface area (Å²) in [5.41, 5.74) is 2.07. The SMILES string of the molecule is CCOc1ccccc1CNc1cc(C)ncn1. The van der Waals surface area contributed by atoms with Crippen molar-refractivity contribution in [2.24, 2.45) is 0 Å². The molecule has 94 valence electrons. The van der Waals surface area contributed by atoms with Crippen LogP contribution in [0.15, 0.2) is 36.7 Å². The molecule has 0 unspecified atom stereocenters. The number of nitrogens with zero attached hydrogens (tertiary/aromatic N) is 2. The lowest BCUT2D eigenvalue weighted by molar-refractivity contribution is 0.337. The van der Waals surface area contributed by atoms with Crippen LogP contribution in [0.25, 0.3) is 0 Å². The molecule has 0 radical (unpaired) electrons. The average molecular weight is 243 g/mol. The molecule has 2 rings (SSSR count). The smallest absolute Gasteiger partial charge is 0.129 e. The van der Waals surface area contributed by atoms with E-state index in [1.807, 2.05) is 44.2 Å². The highest BCUT2D eigenvalue weighted by molar-refractivity contribution is 5.40. The van der Waals surface area contributed by atoms with Gasteiger partial charge in [-0.1, -0.05) is 18.2 Å². The van der Waals surface area contributed by atoms with Gasteiger partial charge in [0.05, 0.1) is 6.61 Å². The molecule has 0 aliphatic heterocycles. The molecule has 0 atom stereocenters. The Morgan fingerprint density at radius 3 is 2.83 bits per heavy atom. The third-order valence-electron chi connectivity index (χ3n) is 2.54. The van der Waals surface area contributed by atoms with Crippen molar-refractivity contribution in [2.75, 3.05) is 11.9 Å². The zero-order valence-corrected chi connectivity index (χ0v) is 10.7. The number of nitrogens with one attached hydrogen (secondary N) is 1. The molecule has 2 aromatic rings. The summed E-state index contributed by atoms with van der Waals surface area (Å²) in [5.74, 6) is 1.74. The maximum Gasteiger partial charge on any atom is 0.129 e. The molecule has 0 saturated heterocycles. The lowest BCUT2D eigenvalue weighted by Gasteiger charge is -2.11. The standard InChI is InChI=1S/C14H17N3O/c1-3-18-13-7-5-4-6-12(13)9-15-14-8-11(2)16-10-17-14/h4-8,10H,3,9H2,1-2H3,(H,15,16,17). The quantitative estimate of drug-likeness (QED) is 0.877. The van der Waals surface area contributed by atoms with Gasteiger partial charge in [0, 0.05) is 23.9 Å². The normalized spacial score (nSPS) is 10.1. The summed E-state index contributed by atoms with van der Waals surface area (Å²) >= 11 is 0. The van der Waals surface area contributed by atoms with E-state index in [2.05, 4.69) is 15.3 Å². The zero-order chi connectivity index (χ0) is 12.8. The van der Waals surface area contributed by atoms with Gasteiger partial charge in [0.1, 0.15) is 17.9 Å². The highest BCUT2D eigenvalue weighted by Crippen LogP contribution is 2.19. The molecule has 0 saturated carbocycles. The van der Waals surface area contributed by atoms with Crippen LogP contribution in [0.3, 0.4) is 0 Å². The Morgan fingerprint density at radius 1 is 1.22 bits per heavy atom. The summed E-state index contributed by atoms with van der Waals surface area (Å²) in [4.78, 5) is 8.23. The van der Waals surface area contributed by atoms with E-state index < -0.39 is 0 Å². The Hall–Kier alpha value is -2.10. The molecule has 0 aliphatic carbocycles. The molecule has 0 fully saturated rings. The zero-order valence-electron chi connectivity index (χ0n) is 10.7. The van der Waals surface area contributed by atoms with Gasteiger partial charge in [0.25, 0.3) is 0 Å². The number of hydrogen-bond acceptors (Lipinski definition) is 4. The lowest BCUT2D eigenvalue weighted by Crippen LogP contribution is -2.04. The Bertz CT molecular complexity index is 514. The first-order valence-corrected chi connectivity index (χ1v) is 6.03. The van der Waals surface area contributed by atoms with Crippen molar-refractivity contribution in [1.29, 1.82) is 0 Å². The van der Waals surface area contributed by atoms with Gasteiger partial charge in [-0.25, -0.2) is 9.97 Å². The predicted octanol–water partition coefficient (Wildman–Crippen LogP) is 2.80. The van der Waals surface area contributed by atoms with Crippen LogP contribution in [0, 0.1) is 6.92 Å². The third kappa shape index (κ3) is 3.20. The fourth-order valence-corrected chi connectivity index (χ4v) is 1.68. The van der Waals surface area contributed by atoms with Crippen LogP contribution in [0.5, 0.6) is 5.75 Å². The number of aromatic nitrogens is 2. The van der Waals surface area contributed by atoms with Crippen LogP contribution >= 0.6 is 0 Å². The van der Waals surface area contributed by atoms with Crippen molar-refractivity contribution in [3.8, 4) is 5.75 Å². The van der Waals surface area contributed by atoms with Crippen molar-refractivity contribution in [3.05, 3.63) is 47.9 Å². The molecule has 1 N–H and O–H groups in total. The molecule has 4 heteroatoms. The number of benzene rings is 1. The molecule has 4 nitrogen and oxygen atoms in total. The molecule has 18 heavy (non-hydrogen) atoms. The van der Waals surface area contributed by atoms with Crippen molar-refractivity contribution < 1.29 is 4.74 Å². The molecule has 0 amide bonds. The molecule has 0 bridgehead atoms. The maximum absolute atomic E-state index is 5.58. The van der Waals surface area contributed by atoms with Crippen LogP contribution in [0.4, 0.5) is 5.82 Å². The number of ether oxygens (including phenoxy) is 1. The Labute approximate surface area is 107 Å². The summed E-state index contributed by atoms with van der Waals surface area (Å²) in [6.07, 6.45) is 1.56. The second kappa shape index (κ2) is 6.00. The summed E-state index contributed by atoms with van der Waals surface area (Å²) in [7, 11) is 0.